The number of phenolic OH excluding ortho intramolecular Hbond substituents is 1. The fourth-order valence-corrected chi connectivity index (χ4v) is 1.26. The van der Waals surface area contributed by atoms with Gasteiger partial charge in [0, 0.05) is 11.6 Å². The van der Waals surface area contributed by atoms with E-state index in [-0.39, 0.29) is 11.8 Å². The molecule has 0 aliphatic rings. The highest BCUT2D eigenvalue weighted by atomic mass is 16.5. The van der Waals surface area contributed by atoms with Gasteiger partial charge in [-0.1, -0.05) is 0 Å². The lowest BCUT2D eigenvalue weighted by Gasteiger charge is -2.11. The molecule has 0 saturated heterocycles. The number of aromatic hydroxyl groups is 1. The molecule has 0 amide bonds. The highest BCUT2D eigenvalue weighted by molar-refractivity contribution is 5.79. The molecule has 0 saturated carbocycles. The molecule has 4 nitrogen and oxygen atoms in total. The van der Waals surface area contributed by atoms with Crippen LogP contribution < -0.4 is 10.5 Å². The summed E-state index contributed by atoms with van der Waals surface area (Å²) in [6.45, 7) is 1.76. The Bertz CT molecular complexity index is 347. The molecule has 0 fully saturated rings. The number of hydrogen-bond donors (Lipinski definition) is 2. The highest BCUT2D eigenvalue weighted by Gasteiger charge is 2.11. The number of nitrogens with two attached hydrogens (primary N) is 1. The Morgan fingerprint density at radius 3 is 2.64 bits per heavy atom. The van der Waals surface area contributed by atoms with Crippen molar-refractivity contribution in [1.82, 2.24) is 0 Å². The van der Waals surface area contributed by atoms with Gasteiger partial charge < -0.3 is 15.6 Å². The number of rotatable bonds is 3. The van der Waals surface area contributed by atoms with Crippen LogP contribution in [0.4, 0.5) is 0 Å². The van der Waals surface area contributed by atoms with Gasteiger partial charge in [-0.3, -0.25) is 4.79 Å². The van der Waals surface area contributed by atoms with Crippen molar-refractivity contribution in [3.63, 3.8) is 0 Å². The van der Waals surface area contributed by atoms with Gasteiger partial charge in [0.15, 0.2) is 17.8 Å². The smallest absolute Gasteiger partial charge is 0.160 e. The van der Waals surface area contributed by atoms with Crippen LogP contribution in [0.3, 0.4) is 0 Å². The van der Waals surface area contributed by atoms with Gasteiger partial charge in [0.25, 0.3) is 0 Å². The van der Waals surface area contributed by atoms with Crippen LogP contribution in [0.15, 0.2) is 12.1 Å². The third kappa shape index (κ3) is 1.85. The minimum absolute atomic E-state index is 0.0565. The van der Waals surface area contributed by atoms with E-state index in [2.05, 4.69) is 0 Å². The third-order valence-corrected chi connectivity index (χ3v) is 2.00. The van der Waals surface area contributed by atoms with Crippen molar-refractivity contribution in [1.29, 1.82) is 0 Å². The van der Waals surface area contributed by atoms with Crippen LogP contribution in [0.5, 0.6) is 11.5 Å². The fourth-order valence-electron chi connectivity index (χ4n) is 1.26. The van der Waals surface area contributed by atoms with Crippen molar-refractivity contribution in [3.8, 4) is 11.5 Å². The number of phenols is 1. The van der Waals surface area contributed by atoms with Gasteiger partial charge in [-0.15, -0.1) is 0 Å². The Labute approximate surface area is 82.3 Å². The molecular formula is C10H13NO3. The Balaban J connectivity index is 3.32. The second-order valence-corrected chi connectivity index (χ2v) is 3.06. The number of benzene rings is 1. The molecular weight excluding hydrogens is 182 g/mol. The van der Waals surface area contributed by atoms with Crippen LogP contribution in [0.25, 0.3) is 0 Å². The lowest BCUT2D eigenvalue weighted by Crippen LogP contribution is -2.08. The van der Waals surface area contributed by atoms with Crippen molar-refractivity contribution >= 4 is 6.29 Å². The summed E-state index contributed by atoms with van der Waals surface area (Å²) in [5.41, 5.74) is 6.72. The number of methoxy groups -OCH3 is 1. The van der Waals surface area contributed by atoms with Gasteiger partial charge in [-0.25, -0.2) is 0 Å². The van der Waals surface area contributed by atoms with Crippen molar-refractivity contribution in [3.05, 3.63) is 23.3 Å². The third-order valence-electron chi connectivity index (χ3n) is 2.00. The van der Waals surface area contributed by atoms with Gasteiger partial charge in [0.05, 0.1) is 7.11 Å². The quantitative estimate of drug-likeness (QED) is 0.711. The monoisotopic (exact) mass is 195 g/mol. The zero-order chi connectivity index (χ0) is 10.7. The summed E-state index contributed by atoms with van der Waals surface area (Å²) >= 11 is 0. The molecule has 1 rings (SSSR count). The summed E-state index contributed by atoms with van der Waals surface area (Å²) in [6, 6.07) is 2.65. The lowest BCUT2D eigenvalue weighted by atomic mass is 10.0. The van der Waals surface area contributed by atoms with Crippen LogP contribution in [0, 0.1) is 0 Å². The number of ether oxygens (including phenoxy) is 1. The Kier molecular flexibility index (Phi) is 3.09. The van der Waals surface area contributed by atoms with Gasteiger partial charge in [-0.2, -0.15) is 0 Å². The SMILES string of the molecule is COc1cc(C(C)N)c(C=O)cc1O. The van der Waals surface area contributed by atoms with E-state index >= 15 is 0 Å². The summed E-state index contributed by atoms with van der Waals surface area (Å²) < 4.78 is 4.91. The van der Waals surface area contributed by atoms with E-state index in [0.717, 1.165) is 0 Å². The van der Waals surface area contributed by atoms with Gasteiger partial charge in [-0.05, 0) is 24.6 Å². The van der Waals surface area contributed by atoms with Crippen molar-refractivity contribution < 1.29 is 14.6 Å². The topological polar surface area (TPSA) is 72.5 Å². The zero-order valence-corrected chi connectivity index (χ0v) is 8.15. The van der Waals surface area contributed by atoms with E-state index in [9.17, 15) is 9.90 Å². The Morgan fingerprint density at radius 1 is 1.57 bits per heavy atom. The van der Waals surface area contributed by atoms with E-state index in [0.29, 0.717) is 23.2 Å². The second-order valence-electron chi connectivity index (χ2n) is 3.06. The van der Waals surface area contributed by atoms with E-state index in [1.54, 1.807) is 13.0 Å². The Morgan fingerprint density at radius 2 is 2.21 bits per heavy atom. The van der Waals surface area contributed by atoms with Crippen LogP contribution in [0.2, 0.25) is 0 Å². The first-order chi connectivity index (χ1) is 6.60. The predicted octanol–water partition coefficient (Wildman–Crippen LogP) is 1.23. The summed E-state index contributed by atoms with van der Waals surface area (Å²) in [5.74, 6) is 0.266. The maximum absolute atomic E-state index is 10.7. The first-order valence-electron chi connectivity index (χ1n) is 4.21. The van der Waals surface area contributed by atoms with Crippen molar-refractivity contribution in [2.75, 3.05) is 7.11 Å². The minimum atomic E-state index is -0.273. The summed E-state index contributed by atoms with van der Waals surface area (Å²) in [4.78, 5) is 10.7. The largest absolute Gasteiger partial charge is 0.504 e. The molecule has 1 aromatic rings. The molecule has 3 N–H and O–H groups in total. The Hall–Kier alpha value is -1.55. The van der Waals surface area contributed by atoms with Gasteiger partial charge in [0.2, 0.25) is 0 Å². The first kappa shape index (κ1) is 10.5. The molecule has 0 radical (unpaired) electrons. The number of hydrogen-bond acceptors (Lipinski definition) is 4. The van der Waals surface area contributed by atoms with Crippen LogP contribution in [0.1, 0.15) is 28.9 Å². The van der Waals surface area contributed by atoms with E-state index in [4.69, 9.17) is 10.5 Å². The molecule has 76 valence electrons. The fraction of sp³-hybridized carbons (Fsp3) is 0.300. The molecule has 1 atom stereocenters. The average Bonchev–Trinajstić information content (AvgIpc) is 2.16. The molecule has 1 unspecified atom stereocenters. The standard InChI is InChI=1S/C10H13NO3/c1-6(11)8-4-10(14-2)9(13)3-7(8)5-12/h3-6,13H,11H2,1-2H3. The maximum Gasteiger partial charge on any atom is 0.160 e. The van der Waals surface area contributed by atoms with E-state index < -0.39 is 0 Å². The average molecular weight is 195 g/mol. The van der Waals surface area contributed by atoms with E-state index in [1.165, 1.54) is 13.2 Å². The number of aldehydes is 1. The van der Waals surface area contributed by atoms with Crippen LogP contribution in [-0.4, -0.2) is 18.5 Å². The maximum atomic E-state index is 10.7. The molecule has 0 aromatic heterocycles. The predicted molar refractivity (Wildman–Crippen MR) is 52.6 cm³/mol. The minimum Gasteiger partial charge on any atom is -0.504 e. The molecule has 0 heterocycles. The molecule has 0 aliphatic carbocycles. The summed E-state index contributed by atoms with van der Waals surface area (Å²) in [6.07, 6.45) is 0.665. The van der Waals surface area contributed by atoms with Gasteiger partial charge in [0.1, 0.15) is 0 Å². The molecule has 0 bridgehead atoms. The molecule has 4 heteroatoms. The molecule has 0 aliphatic heterocycles. The van der Waals surface area contributed by atoms with Crippen molar-refractivity contribution in [2.45, 2.75) is 13.0 Å². The number of carbonyl (C=O) groups is 1. The van der Waals surface area contributed by atoms with E-state index in [1.807, 2.05) is 0 Å². The summed E-state index contributed by atoms with van der Waals surface area (Å²) in [5, 5.41) is 9.40. The molecule has 1 aromatic carbocycles. The second kappa shape index (κ2) is 4.11. The normalized spacial score (nSPS) is 12.2. The van der Waals surface area contributed by atoms with Crippen molar-refractivity contribution in [2.24, 2.45) is 5.73 Å². The molecule has 0 spiro atoms. The van der Waals surface area contributed by atoms with Gasteiger partial charge >= 0.3 is 0 Å². The highest BCUT2D eigenvalue weighted by Crippen LogP contribution is 2.30. The summed E-state index contributed by atoms with van der Waals surface area (Å²) in [7, 11) is 1.45. The first-order valence-corrected chi connectivity index (χ1v) is 4.21. The molecule has 14 heavy (non-hydrogen) atoms. The lowest BCUT2D eigenvalue weighted by molar-refractivity contribution is 0.112. The zero-order valence-electron chi connectivity index (χ0n) is 8.15. The number of carbonyl (C=O) groups excluding carboxylic acids is 1. The van der Waals surface area contributed by atoms with Crippen LogP contribution >= 0.6 is 0 Å². The van der Waals surface area contributed by atoms with Crippen LogP contribution in [-0.2, 0) is 0 Å².